The zero-order chi connectivity index (χ0) is 21.6. The number of nitrogens with one attached hydrogen (secondary N) is 1. The third kappa shape index (κ3) is 4.81. The minimum atomic E-state index is 0.463. The van der Waals surface area contributed by atoms with Gasteiger partial charge < -0.3 is 4.74 Å². The van der Waals surface area contributed by atoms with E-state index in [-0.39, 0.29) is 0 Å². The molecule has 0 spiro atoms. The third-order valence-corrected chi connectivity index (χ3v) is 5.47. The van der Waals surface area contributed by atoms with Gasteiger partial charge in [-0.1, -0.05) is 60.7 Å². The van der Waals surface area contributed by atoms with Crippen molar-refractivity contribution in [1.82, 2.24) is 25.6 Å². The van der Waals surface area contributed by atoms with Crippen molar-refractivity contribution in [3.63, 3.8) is 0 Å². The summed E-state index contributed by atoms with van der Waals surface area (Å²) in [6, 6.07) is 29.0. The van der Waals surface area contributed by atoms with Crippen LogP contribution in [-0.4, -0.2) is 25.6 Å². The second-order valence-electron chi connectivity index (χ2n) is 7.73. The summed E-state index contributed by atoms with van der Waals surface area (Å²) in [5, 5.41) is 15.1. The Bertz CT molecular complexity index is 1280. The zero-order valence-corrected chi connectivity index (χ0v) is 17.6. The SMILES string of the molecule is c1ccc2nc(COc3ccc(CCCc4ccc(-c5nnn[nH]5)cc4)cc3)ccc2c1. The largest absolute Gasteiger partial charge is 0.487 e. The van der Waals surface area contributed by atoms with Crippen LogP contribution in [0, 0.1) is 0 Å². The fourth-order valence-corrected chi connectivity index (χ4v) is 3.71. The summed E-state index contributed by atoms with van der Waals surface area (Å²) >= 11 is 0. The van der Waals surface area contributed by atoms with Crippen LogP contribution >= 0.6 is 0 Å². The molecule has 0 unspecified atom stereocenters. The molecule has 32 heavy (non-hydrogen) atoms. The molecule has 0 aliphatic rings. The molecule has 0 aliphatic carbocycles. The lowest BCUT2D eigenvalue weighted by molar-refractivity contribution is 0.301. The van der Waals surface area contributed by atoms with Crippen LogP contribution in [0.3, 0.4) is 0 Å². The van der Waals surface area contributed by atoms with Crippen molar-refractivity contribution in [2.75, 3.05) is 0 Å². The normalized spacial score (nSPS) is 11.0. The summed E-state index contributed by atoms with van der Waals surface area (Å²) in [5.74, 6) is 1.55. The molecule has 0 saturated carbocycles. The van der Waals surface area contributed by atoms with E-state index in [0.717, 1.165) is 47.2 Å². The minimum absolute atomic E-state index is 0.463. The summed E-state index contributed by atoms with van der Waals surface area (Å²) in [4.78, 5) is 4.66. The summed E-state index contributed by atoms with van der Waals surface area (Å²) in [6.45, 7) is 0.463. The fraction of sp³-hybridized carbons (Fsp3) is 0.154. The number of tetrazole rings is 1. The topological polar surface area (TPSA) is 76.6 Å². The van der Waals surface area contributed by atoms with Gasteiger partial charge in [0, 0.05) is 10.9 Å². The number of rotatable bonds is 8. The van der Waals surface area contributed by atoms with E-state index in [1.165, 1.54) is 11.1 Å². The minimum Gasteiger partial charge on any atom is -0.487 e. The third-order valence-electron chi connectivity index (χ3n) is 5.47. The highest BCUT2D eigenvalue weighted by molar-refractivity contribution is 5.78. The molecule has 0 saturated heterocycles. The molecule has 6 heteroatoms. The number of aromatic nitrogens is 5. The van der Waals surface area contributed by atoms with E-state index < -0.39 is 0 Å². The van der Waals surface area contributed by atoms with Crippen molar-refractivity contribution in [3.05, 3.63) is 102 Å². The number of aryl methyl sites for hydroxylation is 2. The van der Waals surface area contributed by atoms with Crippen LogP contribution in [0.1, 0.15) is 23.2 Å². The number of nitrogens with zero attached hydrogens (tertiary/aromatic N) is 4. The number of ether oxygens (including phenoxy) is 1. The molecular formula is C26H23N5O. The molecule has 0 bridgehead atoms. The number of pyridine rings is 1. The molecule has 2 aromatic heterocycles. The Balaban J connectivity index is 1.10. The van der Waals surface area contributed by atoms with E-state index in [9.17, 15) is 0 Å². The number of benzene rings is 3. The van der Waals surface area contributed by atoms with Gasteiger partial charge in [-0.15, -0.1) is 5.10 Å². The van der Waals surface area contributed by atoms with Gasteiger partial charge in [-0.2, -0.15) is 0 Å². The second kappa shape index (κ2) is 9.39. The predicted octanol–water partition coefficient (Wildman–Crippen LogP) is 5.17. The van der Waals surface area contributed by atoms with E-state index in [1.54, 1.807) is 0 Å². The Morgan fingerprint density at radius 3 is 2.25 bits per heavy atom. The Kier molecular flexibility index (Phi) is 5.83. The van der Waals surface area contributed by atoms with Gasteiger partial charge in [-0.25, -0.2) is 10.1 Å². The molecule has 1 N–H and O–H groups in total. The van der Waals surface area contributed by atoms with E-state index in [1.807, 2.05) is 48.5 Å². The zero-order valence-electron chi connectivity index (χ0n) is 17.6. The smallest absolute Gasteiger partial charge is 0.179 e. The molecule has 0 aliphatic heterocycles. The predicted molar refractivity (Wildman–Crippen MR) is 124 cm³/mol. The van der Waals surface area contributed by atoms with Gasteiger partial charge in [0.1, 0.15) is 12.4 Å². The van der Waals surface area contributed by atoms with Gasteiger partial charge in [0.2, 0.25) is 0 Å². The number of aromatic amines is 1. The van der Waals surface area contributed by atoms with Crippen LogP contribution in [0.25, 0.3) is 22.3 Å². The van der Waals surface area contributed by atoms with E-state index >= 15 is 0 Å². The molecule has 2 heterocycles. The van der Waals surface area contributed by atoms with E-state index in [0.29, 0.717) is 12.4 Å². The monoisotopic (exact) mass is 421 g/mol. The highest BCUT2D eigenvalue weighted by Crippen LogP contribution is 2.18. The van der Waals surface area contributed by atoms with Crippen molar-refractivity contribution in [1.29, 1.82) is 0 Å². The summed E-state index contributed by atoms with van der Waals surface area (Å²) in [7, 11) is 0. The highest BCUT2D eigenvalue weighted by Gasteiger charge is 2.03. The molecule has 6 nitrogen and oxygen atoms in total. The lowest BCUT2D eigenvalue weighted by Crippen LogP contribution is -1.98. The van der Waals surface area contributed by atoms with Crippen LogP contribution in [0.15, 0.2) is 84.9 Å². The number of hydrogen-bond acceptors (Lipinski definition) is 5. The van der Waals surface area contributed by atoms with Crippen LogP contribution in [-0.2, 0) is 19.4 Å². The first kappa shape index (κ1) is 19.9. The summed E-state index contributed by atoms with van der Waals surface area (Å²) in [5.41, 5.74) is 5.54. The Morgan fingerprint density at radius 1 is 0.750 bits per heavy atom. The van der Waals surface area contributed by atoms with Crippen LogP contribution in [0.4, 0.5) is 0 Å². The van der Waals surface area contributed by atoms with Crippen molar-refractivity contribution in [2.45, 2.75) is 25.9 Å². The van der Waals surface area contributed by atoms with Crippen molar-refractivity contribution in [2.24, 2.45) is 0 Å². The first-order valence-corrected chi connectivity index (χ1v) is 10.7. The molecule has 0 amide bonds. The Morgan fingerprint density at radius 2 is 1.50 bits per heavy atom. The molecule has 158 valence electrons. The van der Waals surface area contributed by atoms with Gasteiger partial charge in [0.25, 0.3) is 0 Å². The van der Waals surface area contributed by atoms with Gasteiger partial charge in [-0.3, -0.25) is 0 Å². The fourth-order valence-electron chi connectivity index (χ4n) is 3.71. The molecular weight excluding hydrogens is 398 g/mol. The van der Waals surface area contributed by atoms with Crippen LogP contribution < -0.4 is 4.74 Å². The van der Waals surface area contributed by atoms with Crippen molar-refractivity contribution in [3.8, 4) is 17.1 Å². The lowest BCUT2D eigenvalue weighted by atomic mass is 10.0. The van der Waals surface area contributed by atoms with Gasteiger partial charge in [-0.05, 0) is 65.1 Å². The number of fused-ring (bicyclic) bond motifs is 1. The van der Waals surface area contributed by atoms with E-state index in [2.05, 4.69) is 62.0 Å². The standard InChI is InChI=1S/C26H23N5O/c1-2-7-25-21(6-1)14-15-23(27-25)18-32-24-16-10-20(11-17-24)5-3-4-19-8-12-22(13-9-19)26-28-30-31-29-26/h1-2,6-17H,3-5,18H2,(H,28,29,30,31). The number of hydrogen-bond donors (Lipinski definition) is 1. The second-order valence-corrected chi connectivity index (χ2v) is 7.73. The molecule has 5 aromatic rings. The Labute approximate surface area is 186 Å². The summed E-state index contributed by atoms with van der Waals surface area (Å²) < 4.78 is 5.93. The number of para-hydroxylation sites is 1. The van der Waals surface area contributed by atoms with Gasteiger partial charge >= 0.3 is 0 Å². The molecule has 0 fully saturated rings. The number of H-pyrrole nitrogens is 1. The quantitative estimate of drug-likeness (QED) is 0.374. The van der Waals surface area contributed by atoms with Gasteiger partial charge in [0.15, 0.2) is 5.82 Å². The average molecular weight is 422 g/mol. The van der Waals surface area contributed by atoms with Crippen molar-refractivity contribution >= 4 is 10.9 Å². The van der Waals surface area contributed by atoms with Crippen molar-refractivity contribution < 1.29 is 4.74 Å². The molecule has 3 aromatic carbocycles. The maximum atomic E-state index is 5.93. The van der Waals surface area contributed by atoms with Gasteiger partial charge in [0.05, 0.1) is 11.2 Å². The first-order valence-electron chi connectivity index (χ1n) is 10.7. The maximum Gasteiger partial charge on any atom is 0.179 e. The maximum absolute atomic E-state index is 5.93. The summed E-state index contributed by atoms with van der Waals surface area (Å²) in [6.07, 6.45) is 3.14. The lowest BCUT2D eigenvalue weighted by Gasteiger charge is -2.08. The molecule has 0 atom stereocenters. The first-order chi connectivity index (χ1) is 15.8. The average Bonchev–Trinajstić information content (AvgIpc) is 3.39. The Hall–Kier alpha value is -4.06. The molecule has 5 rings (SSSR count). The van der Waals surface area contributed by atoms with Crippen LogP contribution in [0.5, 0.6) is 5.75 Å². The van der Waals surface area contributed by atoms with Crippen LogP contribution in [0.2, 0.25) is 0 Å². The highest BCUT2D eigenvalue weighted by atomic mass is 16.5. The molecule has 0 radical (unpaired) electrons. The van der Waals surface area contributed by atoms with E-state index in [4.69, 9.17) is 4.74 Å².